The molecule has 2 atom stereocenters. The Labute approximate surface area is 242 Å². The Morgan fingerprint density at radius 1 is 1.10 bits per heavy atom. The minimum absolute atomic E-state index is 0.0365. The van der Waals surface area contributed by atoms with E-state index in [0.29, 0.717) is 40.9 Å². The lowest BCUT2D eigenvalue weighted by molar-refractivity contribution is 0.293. The van der Waals surface area contributed by atoms with Crippen molar-refractivity contribution in [3.8, 4) is 28.8 Å². The number of phenols is 1. The molecule has 10 heteroatoms. The number of nitrogens with one attached hydrogen (secondary N) is 1. The predicted octanol–water partition coefficient (Wildman–Crippen LogP) is 4.90. The van der Waals surface area contributed by atoms with Crippen LogP contribution in [0.15, 0.2) is 60.9 Å². The van der Waals surface area contributed by atoms with E-state index < -0.39 is 5.82 Å². The molecule has 5 aromatic rings. The minimum Gasteiger partial charge on any atom is -0.508 e. The fourth-order valence-electron chi connectivity index (χ4n) is 6.19. The van der Waals surface area contributed by atoms with Crippen molar-refractivity contribution in [2.75, 3.05) is 38.3 Å². The van der Waals surface area contributed by atoms with Gasteiger partial charge in [-0.05, 0) is 60.3 Å². The van der Waals surface area contributed by atoms with E-state index in [2.05, 4.69) is 25.2 Å². The third-order valence-corrected chi connectivity index (χ3v) is 8.24. The maximum Gasteiger partial charge on any atom is 0.319 e. The van der Waals surface area contributed by atoms with Gasteiger partial charge in [-0.15, -0.1) is 0 Å². The highest BCUT2D eigenvalue weighted by atomic mass is 19.1. The van der Waals surface area contributed by atoms with Gasteiger partial charge in [0, 0.05) is 43.5 Å². The number of aromatic hydroxyl groups is 1. The molecule has 5 heterocycles. The number of nitrogens with zero attached hydrogens (tertiary/aromatic N) is 5. The van der Waals surface area contributed by atoms with Crippen LogP contribution in [0.2, 0.25) is 0 Å². The summed E-state index contributed by atoms with van der Waals surface area (Å²) in [4.78, 5) is 20.5. The summed E-state index contributed by atoms with van der Waals surface area (Å²) in [5.74, 6) is 1.36. The molecule has 0 spiro atoms. The molecule has 0 saturated carbocycles. The molecule has 214 valence electrons. The fraction of sp³-hybridized carbons (Fsp3) is 0.312. The van der Waals surface area contributed by atoms with Gasteiger partial charge in [0.15, 0.2) is 5.82 Å². The number of methoxy groups -OCH3 is 1. The summed E-state index contributed by atoms with van der Waals surface area (Å²) in [5.41, 5.74) is 1.49. The van der Waals surface area contributed by atoms with Gasteiger partial charge in [-0.2, -0.15) is 9.97 Å². The van der Waals surface area contributed by atoms with Crippen LogP contribution < -0.4 is 19.7 Å². The number of pyridine rings is 2. The van der Waals surface area contributed by atoms with Gasteiger partial charge in [0.1, 0.15) is 28.5 Å². The molecule has 0 amide bonds. The zero-order chi connectivity index (χ0) is 28.6. The van der Waals surface area contributed by atoms with E-state index >= 15 is 4.39 Å². The van der Waals surface area contributed by atoms with Crippen molar-refractivity contribution in [2.24, 2.45) is 5.92 Å². The van der Waals surface area contributed by atoms with Crippen LogP contribution in [0.1, 0.15) is 18.5 Å². The lowest BCUT2D eigenvalue weighted by Gasteiger charge is -2.27. The number of halogens is 1. The molecule has 3 aromatic heterocycles. The molecular formula is C32H31FN6O3. The molecule has 2 unspecified atom stereocenters. The van der Waals surface area contributed by atoms with Crippen molar-refractivity contribution in [3.63, 3.8) is 0 Å². The predicted molar refractivity (Wildman–Crippen MR) is 159 cm³/mol. The molecule has 2 bridgehead atoms. The van der Waals surface area contributed by atoms with E-state index in [1.807, 2.05) is 36.4 Å². The van der Waals surface area contributed by atoms with Crippen LogP contribution >= 0.6 is 0 Å². The third kappa shape index (κ3) is 4.92. The highest BCUT2D eigenvalue weighted by molar-refractivity contribution is 5.99. The first kappa shape index (κ1) is 26.3. The van der Waals surface area contributed by atoms with Crippen molar-refractivity contribution in [2.45, 2.75) is 25.3 Å². The van der Waals surface area contributed by atoms with Gasteiger partial charge >= 0.3 is 6.01 Å². The highest BCUT2D eigenvalue weighted by Crippen LogP contribution is 2.37. The number of hydrogen-bond acceptors (Lipinski definition) is 9. The summed E-state index contributed by atoms with van der Waals surface area (Å²) in [6, 6.07) is 14.8. The molecule has 2 N–H and O–H groups in total. The smallest absolute Gasteiger partial charge is 0.319 e. The van der Waals surface area contributed by atoms with Crippen LogP contribution in [0.25, 0.3) is 32.9 Å². The van der Waals surface area contributed by atoms with E-state index in [1.165, 1.54) is 6.07 Å². The molecule has 2 aliphatic rings. The van der Waals surface area contributed by atoms with Gasteiger partial charge < -0.3 is 24.8 Å². The molecule has 7 rings (SSSR count). The lowest BCUT2D eigenvalue weighted by Crippen LogP contribution is -2.39. The first-order chi connectivity index (χ1) is 20.6. The normalized spacial score (nSPS) is 18.4. The first-order valence-electron chi connectivity index (χ1n) is 14.2. The summed E-state index contributed by atoms with van der Waals surface area (Å²) in [6.07, 6.45) is 5.96. The highest BCUT2D eigenvalue weighted by Gasteiger charge is 2.32. The number of anilines is 1. The Balaban J connectivity index is 1.31. The molecular weight excluding hydrogens is 535 g/mol. The molecule has 2 aromatic carbocycles. The van der Waals surface area contributed by atoms with Crippen LogP contribution in [0.4, 0.5) is 10.2 Å². The van der Waals surface area contributed by atoms with E-state index in [9.17, 15) is 5.11 Å². The summed E-state index contributed by atoms with van der Waals surface area (Å²) < 4.78 is 28.0. The molecule has 2 fully saturated rings. The number of aromatic nitrogens is 4. The van der Waals surface area contributed by atoms with Gasteiger partial charge in [-0.1, -0.05) is 24.3 Å². The van der Waals surface area contributed by atoms with Gasteiger partial charge in [0.25, 0.3) is 0 Å². The van der Waals surface area contributed by atoms with Crippen LogP contribution in [-0.2, 0) is 6.42 Å². The summed E-state index contributed by atoms with van der Waals surface area (Å²) in [5, 5.41) is 16.1. The van der Waals surface area contributed by atoms with E-state index in [1.54, 1.807) is 25.6 Å². The zero-order valence-corrected chi connectivity index (χ0v) is 23.3. The van der Waals surface area contributed by atoms with Crippen molar-refractivity contribution in [1.29, 1.82) is 0 Å². The van der Waals surface area contributed by atoms with Gasteiger partial charge in [-0.3, -0.25) is 9.97 Å². The second-order valence-corrected chi connectivity index (χ2v) is 10.9. The monoisotopic (exact) mass is 566 g/mol. The maximum atomic E-state index is 16.5. The van der Waals surface area contributed by atoms with Crippen molar-refractivity contribution >= 4 is 27.5 Å². The Bertz CT molecular complexity index is 1780. The standard InChI is InChI=1S/C32H31FN6O3/c1-41-27-7-4-10-34-26(27)9-12-42-32-37-30-25(31(38-32)39-11-8-19-13-21(18-39)35-16-19)17-36-29(28(30)33)24-15-22(40)14-20-5-2-3-6-23(20)24/h2-7,10,14-15,17,19,21,35,40H,8-9,11-13,16,18H2,1H3. The quantitative estimate of drug-likeness (QED) is 0.285. The van der Waals surface area contributed by atoms with Crippen LogP contribution in [0.5, 0.6) is 17.5 Å². The Hall–Kier alpha value is -4.57. The number of ether oxygens (including phenoxy) is 2. The largest absolute Gasteiger partial charge is 0.508 e. The van der Waals surface area contributed by atoms with E-state index in [0.717, 1.165) is 48.9 Å². The Morgan fingerprint density at radius 3 is 2.90 bits per heavy atom. The average Bonchev–Trinajstić information content (AvgIpc) is 3.35. The summed E-state index contributed by atoms with van der Waals surface area (Å²) >= 11 is 0. The number of fused-ring (bicyclic) bond motifs is 4. The summed E-state index contributed by atoms with van der Waals surface area (Å²) in [7, 11) is 1.60. The lowest BCUT2D eigenvalue weighted by atomic mass is 10.0. The van der Waals surface area contributed by atoms with Crippen molar-refractivity contribution in [3.05, 3.63) is 72.4 Å². The second-order valence-electron chi connectivity index (χ2n) is 10.9. The molecule has 9 nitrogen and oxygen atoms in total. The van der Waals surface area contributed by atoms with Gasteiger partial charge in [-0.25, -0.2) is 4.39 Å². The molecule has 2 saturated heterocycles. The van der Waals surface area contributed by atoms with E-state index in [4.69, 9.17) is 14.5 Å². The number of phenolic OH excluding ortho intramolecular Hbond substituents is 1. The number of rotatable bonds is 7. The zero-order valence-electron chi connectivity index (χ0n) is 23.3. The Kier molecular flexibility index (Phi) is 6.91. The van der Waals surface area contributed by atoms with Crippen LogP contribution in [0.3, 0.4) is 0 Å². The number of benzene rings is 2. The summed E-state index contributed by atoms with van der Waals surface area (Å²) in [6.45, 7) is 2.83. The average molecular weight is 567 g/mol. The topological polar surface area (TPSA) is 106 Å². The van der Waals surface area contributed by atoms with Crippen molar-refractivity contribution in [1.82, 2.24) is 25.3 Å². The van der Waals surface area contributed by atoms with Crippen molar-refractivity contribution < 1.29 is 19.0 Å². The minimum atomic E-state index is -0.586. The number of hydrogen-bond donors (Lipinski definition) is 2. The molecule has 0 aliphatic carbocycles. The maximum absolute atomic E-state index is 16.5. The molecule has 0 radical (unpaired) electrons. The van der Waals surface area contributed by atoms with Gasteiger partial charge in [0.05, 0.1) is 24.8 Å². The van der Waals surface area contributed by atoms with Crippen LogP contribution in [0, 0.1) is 11.7 Å². The van der Waals surface area contributed by atoms with Gasteiger partial charge in [0.2, 0.25) is 0 Å². The SMILES string of the molecule is COc1cccnc1CCOc1nc(N2CCC3CNC(C3)C2)c2cnc(-c3cc(O)cc4ccccc34)c(F)c2n1. The molecule has 2 aliphatic heterocycles. The van der Waals surface area contributed by atoms with Crippen LogP contribution in [-0.4, -0.2) is 64.4 Å². The Morgan fingerprint density at radius 2 is 2.00 bits per heavy atom. The fourth-order valence-corrected chi connectivity index (χ4v) is 6.19. The molecule has 42 heavy (non-hydrogen) atoms. The first-order valence-corrected chi connectivity index (χ1v) is 14.2. The van der Waals surface area contributed by atoms with E-state index in [-0.39, 0.29) is 29.6 Å². The third-order valence-electron chi connectivity index (χ3n) is 8.24. The second kappa shape index (κ2) is 11.0.